The van der Waals surface area contributed by atoms with E-state index < -0.39 is 0 Å². The molecule has 2 rings (SSSR count). The molecular weight excluding hydrogens is 248 g/mol. The van der Waals surface area contributed by atoms with E-state index in [1.807, 2.05) is 36.9 Å². The molecule has 108 valence electrons. The number of nitrogens with one attached hydrogen (secondary N) is 2. The van der Waals surface area contributed by atoms with E-state index in [0.717, 1.165) is 29.4 Å². The van der Waals surface area contributed by atoms with Gasteiger partial charge in [-0.1, -0.05) is 39.0 Å². The van der Waals surface area contributed by atoms with Gasteiger partial charge in [0, 0.05) is 19.3 Å². The number of anilines is 3. The number of nitrogens with zero attached hydrogens (tertiary/aromatic N) is 2. The maximum absolute atomic E-state index is 4.50. The molecular formula is C16H24N4. The Bertz CT molecular complexity index is 564. The molecule has 0 spiro atoms. The Morgan fingerprint density at radius 1 is 1.15 bits per heavy atom. The van der Waals surface area contributed by atoms with Crippen LogP contribution in [0.1, 0.15) is 26.5 Å². The first-order chi connectivity index (χ1) is 9.37. The fraction of sp³-hybridized carbons (Fsp3) is 0.438. The molecule has 0 bridgehead atoms. The second kappa shape index (κ2) is 5.57. The molecule has 0 aliphatic carbocycles. The number of rotatable bonds is 4. The van der Waals surface area contributed by atoms with Gasteiger partial charge in [0.1, 0.15) is 11.5 Å². The van der Waals surface area contributed by atoms with Crippen LogP contribution in [0.5, 0.6) is 0 Å². The third kappa shape index (κ3) is 3.53. The molecule has 2 N–H and O–H groups in total. The summed E-state index contributed by atoms with van der Waals surface area (Å²) in [4.78, 5) is 0. The minimum absolute atomic E-state index is 0.224. The lowest BCUT2D eigenvalue weighted by atomic mass is 9.97. The number of benzene rings is 1. The molecule has 0 unspecified atom stereocenters. The van der Waals surface area contributed by atoms with Gasteiger partial charge in [-0.3, -0.25) is 4.68 Å². The molecule has 0 aliphatic rings. The summed E-state index contributed by atoms with van der Waals surface area (Å²) in [5.74, 6) is 1.03. The van der Waals surface area contributed by atoms with Crippen molar-refractivity contribution < 1.29 is 0 Å². The lowest BCUT2D eigenvalue weighted by molar-refractivity contribution is 0.441. The molecule has 0 saturated heterocycles. The van der Waals surface area contributed by atoms with Crippen molar-refractivity contribution in [3.8, 4) is 0 Å². The molecule has 4 heteroatoms. The van der Waals surface area contributed by atoms with Crippen LogP contribution in [-0.4, -0.2) is 16.3 Å². The predicted molar refractivity (Wildman–Crippen MR) is 85.6 cm³/mol. The number of aryl methyl sites for hydroxylation is 2. The monoisotopic (exact) mass is 272 g/mol. The molecule has 1 aromatic heterocycles. The number of hydrogen-bond acceptors (Lipinski definition) is 3. The fourth-order valence-corrected chi connectivity index (χ4v) is 2.03. The van der Waals surface area contributed by atoms with Crippen molar-refractivity contribution in [2.45, 2.75) is 27.7 Å². The molecule has 0 radical (unpaired) electrons. The van der Waals surface area contributed by atoms with Gasteiger partial charge in [0.25, 0.3) is 0 Å². The quantitative estimate of drug-likeness (QED) is 0.886. The van der Waals surface area contributed by atoms with Crippen LogP contribution in [0.3, 0.4) is 0 Å². The summed E-state index contributed by atoms with van der Waals surface area (Å²) in [5.41, 5.74) is 3.33. The number of aromatic nitrogens is 2. The summed E-state index contributed by atoms with van der Waals surface area (Å²) in [6, 6.07) is 10.2. The Morgan fingerprint density at radius 2 is 1.80 bits per heavy atom. The van der Waals surface area contributed by atoms with Gasteiger partial charge in [-0.25, -0.2) is 0 Å². The van der Waals surface area contributed by atoms with Gasteiger partial charge in [-0.05, 0) is 24.5 Å². The maximum atomic E-state index is 4.50. The van der Waals surface area contributed by atoms with Crippen LogP contribution in [0, 0.1) is 12.3 Å². The smallest absolute Gasteiger partial charge is 0.148 e. The average Bonchev–Trinajstić information content (AvgIpc) is 2.62. The Balaban J connectivity index is 2.24. The van der Waals surface area contributed by atoms with E-state index >= 15 is 0 Å². The van der Waals surface area contributed by atoms with Crippen LogP contribution in [0.4, 0.5) is 17.2 Å². The third-order valence-corrected chi connectivity index (χ3v) is 3.05. The molecule has 1 aromatic carbocycles. The van der Waals surface area contributed by atoms with Crippen molar-refractivity contribution in [3.05, 3.63) is 36.0 Å². The summed E-state index contributed by atoms with van der Waals surface area (Å²) in [5, 5.41) is 11.5. The number of hydrogen-bond donors (Lipinski definition) is 2. The molecule has 0 atom stereocenters. The van der Waals surface area contributed by atoms with Gasteiger partial charge in [0.05, 0.1) is 5.69 Å². The molecule has 1 heterocycles. The zero-order valence-corrected chi connectivity index (χ0v) is 13.0. The van der Waals surface area contributed by atoms with Crippen molar-refractivity contribution in [1.29, 1.82) is 0 Å². The highest BCUT2D eigenvalue weighted by molar-refractivity contribution is 5.74. The van der Waals surface area contributed by atoms with Crippen LogP contribution in [-0.2, 0) is 7.05 Å². The lowest BCUT2D eigenvalue weighted by Crippen LogP contribution is -2.20. The lowest BCUT2D eigenvalue weighted by Gasteiger charge is -2.20. The van der Waals surface area contributed by atoms with Crippen LogP contribution in [0.25, 0.3) is 0 Å². The molecule has 20 heavy (non-hydrogen) atoms. The first-order valence-corrected chi connectivity index (χ1v) is 6.96. The van der Waals surface area contributed by atoms with E-state index in [0.29, 0.717) is 0 Å². The van der Waals surface area contributed by atoms with Gasteiger partial charge < -0.3 is 10.6 Å². The summed E-state index contributed by atoms with van der Waals surface area (Å²) < 4.78 is 1.90. The van der Waals surface area contributed by atoms with Gasteiger partial charge in [-0.15, -0.1) is 0 Å². The maximum Gasteiger partial charge on any atom is 0.148 e. The molecule has 0 fully saturated rings. The van der Waals surface area contributed by atoms with Crippen LogP contribution in [0.15, 0.2) is 30.3 Å². The van der Waals surface area contributed by atoms with Gasteiger partial charge in [0.2, 0.25) is 0 Å². The number of para-hydroxylation sites is 1. The second-order valence-electron chi connectivity index (χ2n) is 6.34. The largest absolute Gasteiger partial charge is 0.368 e. The first kappa shape index (κ1) is 14.4. The molecule has 4 nitrogen and oxygen atoms in total. The van der Waals surface area contributed by atoms with E-state index in [4.69, 9.17) is 0 Å². The zero-order valence-electron chi connectivity index (χ0n) is 13.0. The predicted octanol–water partition coefficient (Wildman–Crippen LogP) is 3.93. The minimum atomic E-state index is 0.224. The van der Waals surface area contributed by atoms with Crippen molar-refractivity contribution >= 4 is 17.2 Å². The van der Waals surface area contributed by atoms with Crippen molar-refractivity contribution in [1.82, 2.24) is 9.78 Å². The Hall–Kier alpha value is -1.97. The highest BCUT2D eigenvalue weighted by Gasteiger charge is 2.16. The molecule has 2 aromatic rings. The van der Waals surface area contributed by atoms with Gasteiger partial charge in [-0.2, -0.15) is 5.10 Å². The van der Waals surface area contributed by atoms with E-state index in [-0.39, 0.29) is 5.41 Å². The summed E-state index contributed by atoms with van der Waals surface area (Å²) in [7, 11) is 1.97. The summed E-state index contributed by atoms with van der Waals surface area (Å²) in [6.07, 6.45) is 0. The van der Waals surface area contributed by atoms with Crippen LogP contribution < -0.4 is 10.6 Å². The molecule has 0 amide bonds. The van der Waals surface area contributed by atoms with E-state index in [1.54, 1.807) is 0 Å². The van der Waals surface area contributed by atoms with E-state index in [2.05, 4.69) is 48.6 Å². The highest BCUT2D eigenvalue weighted by atomic mass is 15.3. The Labute approximate surface area is 121 Å². The van der Waals surface area contributed by atoms with Gasteiger partial charge in [0.15, 0.2) is 0 Å². The highest BCUT2D eigenvalue weighted by Crippen LogP contribution is 2.29. The SMILES string of the molecule is Cc1nn(C)c(NCC(C)(C)C)c1Nc1ccccc1. The second-order valence-corrected chi connectivity index (χ2v) is 6.34. The van der Waals surface area contributed by atoms with Crippen LogP contribution in [0.2, 0.25) is 0 Å². The first-order valence-electron chi connectivity index (χ1n) is 6.96. The summed E-state index contributed by atoms with van der Waals surface area (Å²) in [6.45, 7) is 9.57. The Kier molecular flexibility index (Phi) is 4.02. The normalized spacial score (nSPS) is 11.4. The van der Waals surface area contributed by atoms with Gasteiger partial charge >= 0.3 is 0 Å². The van der Waals surface area contributed by atoms with Crippen molar-refractivity contribution in [2.75, 3.05) is 17.2 Å². The zero-order chi connectivity index (χ0) is 14.8. The van der Waals surface area contributed by atoms with Crippen molar-refractivity contribution in [2.24, 2.45) is 12.5 Å². The third-order valence-electron chi connectivity index (χ3n) is 3.05. The average molecular weight is 272 g/mol. The topological polar surface area (TPSA) is 41.9 Å². The Morgan fingerprint density at radius 3 is 2.40 bits per heavy atom. The van der Waals surface area contributed by atoms with E-state index in [9.17, 15) is 0 Å². The summed E-state index contributed by atoms with van der Waals surface area (Å²) >= 11 is 0. The standard InChI is InChI=1S/C16H24N4/c1-12-14(18-13-9-7-6-8-10-13)15(20(5)19-12)17-11-16(2,3)4/h6-10,17-18H,11H2,1-5H3. The minimum Gasteiger partial charge on any atom is -0.368 e. The van der Waals surface area contributed by atoms with Crippen molar-refractivity contribution in [3.63, 3.8) is 0 Å². The fourth-order valence-electron chi connectivity index (χ4n) is 2.03. The molecule has 0 saturated carbocycles. The van der Waals surface area contributed by atoms with Crippen LogP contribution >= 0.6 is 0 Å². The molecule has 0 aliphatic heterocycles. The van der Waals surface area contributed by atoms with E-state index in [1.165, 1.54) is 0 Å².